The molecule has 4 heteroatoms. The number of hydrogen-bond donors (Lipinski definition) is 2. The Kier molecular flexibility index (Phi) is 5.69. The van der Waals surface area contributed by atoms with Crippen molar-refractivity contribution in [1.82, 2.24) is 5.32 Å². The van der Waals surface area contributed by atoms with Gasteiger partial charge in [-0.05, 0) is 38.7 Å². The third kappa shape index (κ3) is 3.75. The molecule has 1 aromatic carbocycles. The molecule has 0 aliphatic carbocycles. The van der Waals surface area contributed by atoms with E-state index in [9.17, 15) is 9.90 Å². The number of thioether (sulfide) groups is 1. The first-order chi connectivity index (χ1) is 8.49. The van der Waals surface area contributed by atoms with Crippen LogP contribution in [0.5, 0.6) is 0 Å². The summed E-state index contributed by atoms with van der Waals surface area (Å²) in [5.74, 6) is -0.0764. The molecule has 0 spiro atoms. The van der Waals surface area contributed by atoms with Gasteiger partial charge in [0.05, 0.1) is 6.61 Å². The Morgan fingerprint density at radius 3 is 2.61 bits per heavy atom. The number of aliphatic hydroxyl groups is 1. The zero-order chi connectivity index (χ0) is 13.7. The average Bonchev–Trinajstić information content (AvgIpc) is 2.30. The van der Waals surface area contributed by atoms with Crippen LogP contribution in [0, 0.1) is 13.8 Å². The molecule has 0 aromatic heterocycles. The van der Waals surface area contributed by atoms with Crippen molar-refractivity contribution in [2.24, 2.45) is 0 Å². The number of aryl methyl sites for hydroxylation is 2. The van der Waals surface area contributed by atoms with Crippen molar-refractivity contribution in [2.75, 3.05) is 12.9 Å². The molecular formula is C14H21NO2S. The van der Waals surface area contributed by atoms with Gasteiger partial charge in [-0.3, -0.25) is 4.79 Å². The lowest BCUT2D eigenvalue weighted by atomic mass is 10.0. The van der Waals surface area contributed by atoms with E-state index in [0.717, 1.165) is 11.1 Å². The van der Waals surface area contributed by atoms with Crippen LogP contribution >= 0.6 is 11.8 Å². The number of amides is 1. The lowest BCUT2D eigenvalue weighted by Gasteiger charge is -2.21. The second kappa shape index (κ2) is 6.81. The monoisotopic (exact) mass is 267 g/mol. The predicted molar refractivity (Wildman–Crippen MR) is 77.2 cm³/mol. The minimum Gasteiger partial charge on any atom is -0.395 e. The van der Waals surface area contributed by atoms with Gasteiger partial charge in [-0.25, -0.2) is 0 Å². The second-order valence-electron chi connectivity index (χ2n) is 4.54. The Balaban J connectivity index is 2.76. The molecule has 0 radical (unpaired) electrons. The molecule has 0 bridgehead atoms. The Hall–Kier alpha value is -1.00. The van der Waals surface area contributed by atoms with Crippen LogP contribution in [0.3, 0.4) is 0 Å². The van der Waals surface area contributed by atoms with Crippen LogP contribution in [0.2, 0.25) is 0 Å². The Labute approximate surface area is 113 Å². The van der Waals surface area contributed by atoms with Crippen LogP contribution in [-0.2, 0) is 0 Å². The molecule has 1 amide bonds. The minimum atomic E-state index is -0.0764. The van der Waals surface area contributed by atoms with E-state index in [-0.39, 0.29) is 23.8 Å². The van der Waals surface area contributed by atoms with E-state index < -0.39 is 0 Å². The molecule has 2 unspecified atom stereocenters. The average molecular weight is 267 g/mol. The second-order valence-corrected chi connectivity index (χ2v) is 5.61. The molecule has 0 aliphatic rings. The molecule has 3 nitrogen and oxygen atoms in total. The summed E-state index contributed by atoms with van der Waals surface area (Å²) in [5.41, 5.74) is 2.82. The molecule has 1 aromatic rings. The summed E-state index contributed by atoms with van der Waals surface area (Å²) in [6.45, 7) is 5.92. The van der Waals surface area contributed by atoms with Gasteiger partial charge in [0.15, 0.2) is 0 Å². The van der Waals surface area contributed by atoms with E-state index in [1.807, 2.05) is 45.2 Å². The van der Waals surface area contributed by atoms with Crippen molar-refractivity contribution in [1.29, 1.82) is 0 Å². The van der Waals surface area contributed by atoms with Crippen molar-refractivity contribution in [2.45, 2.75) is 32.1 Å². The normalized spacial score (nSPS) is 14.1. The largest absolute Gasteiger partial charge is 0.395 e. The molecule has 0 aliphatic heterocycles. The van der Waals surface area contributed by atoms with Gasteiger partial charge in [-0.1, -0.05) is 17.7 Å². The van der Waals surface area contributed by atoms with Gasteiger partial charge in [0, 0.05) is 16.9 Å². The van der Waals surface area contributed by atoms with Crippen molar-refractivity contribution in [3.63, 3.8) is 0 Å². The molecule has 0 heterocycles. The van der Waals surface area contributed by atoms with Crippen LogP contribution in [0.1, 0.15) is 28.4 Å². The number of aliphatic hydroxyl groups excluding tert-OH is 1. The van der Waals surface area contributed by atoms with Gasteiger partial charge in [0.1, 0.15) is 0 Å². The highest BCUT2D eigenvalue weighted by atomic mass is 32.2. The summed E-state index contributed by atoms with van der Waals surface area (Å²) in [5, 5.41) is 12.2. The smallest absolute Gasteiger partial charge is 0.251 e. The number of nitrogens with one attached hydrogen (secondary N) is 1. The summed E-state index contributed by atoms with van der Waals surface area (Å²) in [6, 6.07) is 5.72. The number of carbonyl (C=O) groups excluding carboxylic acids is 1. The van der Waals surface area contributed by atoms with Gasteiger partial charge in [-0.2, -0.15) is 11.8 Å². The SMILES string of the molecule is CSC(CO)C(C)NC(=O)c1ccc(C)cc1C. The summed E-state index contributed by atoms with van der Waals surface area (Å²) in [7, 11) is 0. The molecule has 2 atom stereocenters. The fraction of sp³-hybridized carbons (Fsp3) is 0.500. The van der Waals surface area contributed by atoms with Gasteiger partial charge >= 0.3 is 0 Å². The maximum atomic E-state index is 12.1. The first-order valence-electron chi connectivity index (χ1n) is 6.01. The van der Waals surface area contributed by atoms with Crippen LogP contribution in [0.25, 0.3) is 0 Å². The maximum absolute atomic E-state index is 12.1. The van der Waals surface area contributed by atoms with Crippen LogP contribution < -0.4 is 5.32 Å². The van der Waals surface area contributed by atoms with E-state index in [0.29, 0.717) is 5.56 Å². The van der Waals surface area contributed by atoms with E-state index in [2.05, 4.69) is 5.32 Å². The van der Waals surface area contributed by atoms with Gasteiger partial charge in [0.25, 0.3) is 5.91 Å². The molecule has 0 saturated carbocycles. The fourth-order valence-electron chi connectivity index (χ4n) is 1.88. The third-order valence-electron chi connectivity index (χ3n) is 3.03. The van der Waals surface area contributed by atoms with E-state index in [1.54, 1.807) is 11.8 Å². The van der Waals surface area contributed by atoms with Crippen LogP contribution in [-0.4, -0.2) is 35.2 Å². The number of carbonyl (C=O) groups is 1. The Morgan fingerprint density at radius 2 is 2.11 bits per heavy atom. The Bertz CT molecular complexity index is 416. The maximum Gasteiger partial charge on any atom is 0.251 e. The number of rotatable bonds is 5. The van der Waals surface area contributed by atoms with Crippen molar-refractivity contribution < 1.29 is 9.90 Å². The molecule has 1 rings (SSSR count). The number of benzene rings is 1. The highest BCUT2D eigenvalue weighted by Gasteiger charge is 2.18. The Morgan fingerprint density at radius 1 is 1.44 bits per heavy atom. The highest BCUT2D eigenvalue weighted by Crippen LogP contribution is 2.13. The first kappa shape index (κ1) is 15.1. The fourth-order valence-corrected chi connectivity index (χ4v) is 2.51. The molecule has 100 valence electrons. The van der Waals surface area contributed by atoms with Gasteiger partial charge < -0.3 is 10.4 Å². The molecular weight excluding hydrogens is 246 g/mol. The van der Waals surface area contributed by atoms with Crippen molar-refractivity contribution in [3.8, 4) is 0 Å². The summed E-state index contributed by atoms with van der Waals surface area (Å²) < 4.78 is 0. The molecule has 0 fully saturated rings. The van der Waals surface area contributed by atoms with E-state index in [1.165, 1.54) is 0 Å². The van der Waals surface area contributed by atoms with Crippen LogP contribution in [0.4, 0.5) is 0 Å². The summed E-state index contributed by atoms with van der Waals surface area (Å²) in [6.07, 6.45) is 1.93. The van der Waals surface area contributed by atoms with E-state index >= 15 is 0 Å². The van der Waals surface area contributed by atoms with Gasteiger partial charge in [-0.15, -0.1) is 0 Å². The lowest BCUT2D eigenvalue weighted by molar-refractivity contribution is 0.0935. The first-order valence-corrected chi connectivity index (χ1v) is 7.30. The van der Waals surface area contributed by atoms with Gasteiger partial charge in [0.2, 0.25) is 0 Å². The molecule has 0 saturated heterocycles. The standard InChI is InChI=1S/C14H21NO2S/c1-9-5-6-12(10(2)7-9)14(17)15-11(3)13(8-16)18-4/h5-7,11,13,16H,8H2,1-4H3,(H,15,17). The topological polar surface area (TPSA) is 49.3 Å². The molecule has 18 heavy (non-hydrogen) atoms. The van der Waals surface area contributed by atoms with Crippen molar-refractivity contribution in [3.05, 3.63) is 34.9 Å². The lowest BCUT2D eigenvalue weighted by Crippen LogP contribution is -2.41. The zero-order valence-electron chi connectivity index (χ0n) is 11.4. The van der Waals surface area contributed by atoms with E-state index in [4.69, 9.17) is 0 Å². The third-order valence-corrected chi connectivity index (χ3v) is 4.19. The quantitative estimate of drug-likeness (QED) is 0.859. The minimum absolute atomic E-state index is 0.0275. The van der Waals surface area contributed by atoms with Crippen molar-refractivity contribution >= 4 is 17.7 Å². The number of hydrogen-bond acceptors (Lipinski definition) is 3. The predicted octanol–water partition coefficient (Wildman–Crippen LogP) is 2.15. The summed E-state index contributed by atoms with van der Waals surface area (Å²) >= 11 is 1.56. The van der Waals surface area contributed by atoms with Crippen LogP contribution in [0.15, 0.2) is 18.2 Å². The summed E-state index contributed by atoms with van der Waals surface area (Å²) in [4.78, 5) is 12.1. The molecule has 2 N–H and O–H groups in total. The highest BCUT2D eigenvalue weighted by molar-refractivity contribution is 7.99. The zero-order valence-corrected chi connectivity index (χ0v) is 12.2.